The molecule has 0 aromatic heterocycles. The second-order valence-electron chi connectivity index (χ2n) is 5.32. The molecule has 3 rings (SSSR count). The van der Waals surface area contributed by atoms with Crippen molar-refractivity contribution < 1.29 is 13.2 Å². The Morgan fingerprint density at radius 3 is 2.63 bits per heavy atom. The van der Waals surface area contributed by atoms with Crippen LogP contribution in [-0.4, -0.2) is 19.1 Å². The minimum Gasteiger partial charge on any atom is -0.385 e. The lowest BCUT2D eigenvalue weighted by molar-refractivity contribution is -0.137. The van der Waals surface area contributed by atoms with Crippen LogP contribution in [0.3, 0.4) is 0 Å². The van der Waals surface area contributed by atoms with E-state index in [1.165, 1.54) is 12.1 Å². The van der Waals surface area contributed by atoms with E-state index in [4.69, 9.17) is 0 Å². The van der Waals surface area contributed by atoms with Gasteiger partial charge in [0.1, 0.15) is 0 Å². The fourth-order valence-corrected chi connectivity index (χ4v) is 3.20. The highest BCUT2D eigenvalue weighted by molar-refractivity contribution is 5.57. The van der Waals surface area contributed by atoms with Gasteiger partial charge >= 0.3 is 6.18 Å². The van der Waals surface area contributed by atoms with Gasteiger partial charge in [-0.25, -0.2) is 0 Å². The minimum atomic E-state index is -4.27. The maximum atomic E-state index is 12.7. The van der Waals surface area contributed by atoms with Crippen molar-refractivity contribution in [3.8, 4) is 0 Å². The van der Waals surface area contributed by atoms with Crippen LogP contribution in [0.2, 0.25) is 0 Å². The standard InChI is InChI=1S/C14H17F3N2/c15-14(16,17)9-3-4-10-11(12-2-1-6-18-12)5-7-19-13(10)8-9/h3-4,8,11-12,18-19H,1-2,5-7H2. The smallest absolute Gasteiger partial charge is 0.385 e. The summed E-state index contributed by atoms with van der Waals surface area (Å²) >= 11 is 0. The van der Waals surface area contributed by atoms with Crippen molar-refractivity contribution in [3.05, 3.63) is 29.3 Å². The molecule has 104 valence electrons. The van der Waals surface area contributed by atoms with E-state index in [0.29, 0.717) is 17.6 Å². The normalized spacial score (nSPS) is 26.9. The third-order valence-corrected chi connectivity index (χ3v) is 4.14. The van der Waals surface area contributed by atoms with Crippen LogP contribution >= 0.6 is 0 Å². The lowest BCUT2D eigenvalue weighted by Gasteiger charge is -2.31. The maximum absolute atomic E-state index is 12.7. The summed E-state index contributed by atoms with van der Waals surface area (Å²) in [4.78, 5) is 0. The molecular weight excluding hydrogens is 253 g/mol. The topological polar surface area (TPSA) is 24.1 Å². The molecule has 1 aromatic rings. The summed E-state index contributed by atoms with van der Waals surface area (Å²) in [6.07, 6.45) is -1.01. The van der Waals surface area contributed by atoms with Gasteiger partial charge in [0.05, 0.1) is 5.56 Å². The third-order valence-electron chi connectivity index (χ3n) is 4.14. The number of hydrogen-bond donors (Lipinski definition) is 2. The zero-order valence-corrected chi connectivity index (χ0v) is 10.6. The van der Waals surface area contributed by atoms with Crippen molar-refractivity contribution in [1.82, 2.24) is 5.32 Å². The largest absolute Gasteiger partial charge is 0.416 e. The van der Waals surface area contributed by atoms with E-state index >= 15 is 0 Å². The van der Waals surface area contributed by atoms with Crippen LogP contribution in [0.25, 0.3) is 0 Å². The van der Waals surface area contributed by atoms with Crippen molar-refractivity contribution in [3.63, 3.8) is 0 Å². The molecule has 0 radical (unpaired) electrons. The fraction of sp³-hybridized carbons (Fsp3) is 0.571. The molecule has 1 fully saturated rings. The van der Waals surface area contributed by atoms with Crippen LogP contribution in [0.5, 0.6) is 0 Å². The molecule has 1 aromatic carbocycles. The predicted molar refractivity (Wildman–Crippen MR) is 68.3 cm³/mol. The van der Waals surface area contributed by atoms with E-state index in [1.54, 1.807) is 6.07 Å². The first kappa shape index (κ1) is 12.8. The van der Waals surface area contributed by atoms with Gasteiger partial charge in [-0.15, -0.1) is 0 Å². The van der Waals surface area contributed by atoms with Crippen LogP contribution in [0.4, 0.5) is 18.9 Å². The van der Waals surface area contributed by atoms with Crippen molar-refractivity contribution in [2.24, 2.45) is 0 Å². The first-order chi connectivity index (χ1) is 9.05. The molecule has 0 bridgehead atoms. The molecule has 2 N–H and O–H groups in total. The van der Waals surface area contributed by atoms with Crippen LogP contribution in [0.1, 0.15) is 36.3 Å². The quantitative estimate of drug-likeness (QED) is 0.817. The van der Waals surface area contributed by atoms with Crippen molar-refractivity contribution >= 4 is 5.69 Å². The number of fused-ring (bicyclic) bond motifs is 1. The predicted octanol–water partition coefficient (Wildman–Crippen LogP) is 3.36. The Kier molecular flexibility index (Phi) is 3.17. The number of halogens is 3. The van der Waals surface area contributed by atoms with E-state index in [-0.39, 0.29) is 0 Å². The van der Waals surface area contributed by atoms with Gasteiger partial charge in [0.2, 0.25) is 0 Å². The Morgan fingerprint density at radius 1 is 1.11 bits per heavy atom. The van der Waals surface area contributed by atoms with Gasteiger partial charge in [-0.1, -0.05) is 6.07 Å². The monoisotopic (exact) mass is 270 g/mol. The summed E-state index contributed by atoms with van der Waals surface area (Å²) in [5, 5.41) is 6.56. The van der Waals surface area contributed by atoms with Gasteiger partial charge in [-0.3, -0.25) is 0 Å². The van der Waals surface area contributed by atoms with Gasteiger partial charge in [-0.05, 0) is 43.5 Å². The molecule has 0 amide bonds. The zero-order valence-electron chi connectivity index (χ0n) is 10.6. The number of anilines is 1. The molecule has 19 heavy (non-hydrogen) atoms. The van der Waals surface area contributed by atoms with Crippen LogP contribution in [0, 0.1) is 0 Å². The average molecular weight is 270 g/mol. The fourth-order valence-electron chi connectivity index (χ4n) is 3.20. The Morgan fingerprint density at radius 2 is 1.95 bits per heavy atom. The number of alkyl halides is 3. The second-order valence-corrected chi connectivity index (χ2v) is 5.32. The SMILES string of the molecule is FC(F)(F)c1ccc2c(c1)NCCC2C1CCCN1. The molecule has 2 aliphatic rings. The van der Waals surface area contributed by atoms with Crippen LogP contribution in [0.15, 0.2) is 18.2 Å². The molecule has 2 unspecified atom stereocenters. The lowest BCUT2D eigenvalue weighted by atomic mass is 9.84. The molecule has 2 atom stereocenters. The summed E-state index contributed by atoms with van der Waals surface area (Å²) in [7, 11) is 0. The van der Waals surface area contributed by atoms with Crippen molar-refractivity contribution in [2.45, 2.75) is 37.4 Å². The van der Waals surface area contributed by atoms with E-state index < -0.39 is 11.7 Å². The Bertz CT molecular complexity index is 464. The molecule has 2 aliphatic heterocycles. The molecule has 1 saturated heterocycles. The first-order valence-corrected chi connectivity index (χ1v) is 6.74. The van der Waals surface area contributed by atoms with Gasteiger partial charge < -0.3 is 10.6 Å². The Balaban J connectivity index is 1.92. The molecular formula is C14H17F3N2. The van der Waals surface area contributed by atoms with E-state index in [1.807, 2.05) is 0 Å². The number of rotatable bonds is 1. The lowest BCUT2D eigenvalue weighted by Crippen LogP contribution is -2.33. The summed E-state index contributed by atoms with van der Waals surface area (Å²) in [6.45, 7) is 1.77. The summed E-state index contributed by atoms with van der Waals surface area (Å²) < 4.78 is 38.1. The van der Waals surface area contributed by atoms with Crippen LogP contribution in [-0.2, 0) is 6.18 Å². The maximum Gasteiger partial charge on any atom is 0.416 e. The number of hydrogen-bond acceptors (Lipinski definition) is 2. The third kappa shape index (κ3) is 2.43. The Labute approximate surface area is 110 Å². The molecule has 0 aliphatic carbocycles. The molecule has 0 saturated carbocycles. The molecule has 2 heterocycles. The molecule has 0 spiro atoms. The summed E-state index contributed by atoms with van der Waals surface area (Å²) in [6, 6.07) is 4.51. The first-order valence-electron chi connectivity index (χ1n) is 6.74. The van der Waals surface area contributed by atoms with Crippen molar-refractivity contribution in [2.75, 3.05) is 18.4 Å². The van der Waals surface area contributed by atoms with E-state index in [0.717, 1.165) is 37.9 Å². The highest BCUT2D eigenvalue weighted by atomic mass is 19.4. The summed E-state index contributed by atoms with van der Waals surface area (Å²) in [5.74, 6) is 0.334. The van der Waals surface area contributed by atoms with E-state index in [9.17, 15) is 13.2 Å². The number of benzene rings is 1. The molecule has 2 nitrogen and oxygen atoms in total. The summed E-state index contributed by atoms with van der Waals surface area (Å²) in [5.41, 5.74) is 1.11. The van der Waals surface area contributed by atoms with Gasteiger partial charge in [-0.2, -0.15) is 13.2 Å². The van der Waals surface area contributed by atoms with Crippen molar-refractivity contribution in [1.29, 1.82) is 0 Å². The van der Waals surface area contributed by atoms with Gasteiger partial charge in [0.25, 0.3) is 0 Å². The Hall–Kier alpha value is -1.23. The zero-order chi connectivity index (χ0) is 13.5. The highest BCUT2D eigenvalue weighted by Crippen LogP contribution is 2.39. The number of nitrogens with one attached hydrogen (secondary N) is 2. The van der Waals surface area contributed by atoms with Gasteiger partial charge in [0, 0.05) is 24.2 Å². The average Bonchev–Trinajstić information content (AvgIpc) is 2.90. The van der Waals surface area contributed by atoms with Gasteiger partial charge in [0.15, 0.2) is 0 Å². The highest BCUT2D eigenvalue weighted by Gasteiger charge is 2.34. The van der Waals surface area contributed by atoms with Crippen LogP contribution < -0.4 is 10.6 Å². The molecule has 5 heteroatoms. The van der Waals surface area contributed by atoms with E-state index in [2.05, 4.69) is 10.6 Å². The second kappa shape index (κ2) is 4.71. The minimum absolute atomic E-state index is 0.334.